The number of carbonyl (C=O) groups is 2. The summed E-state index contributed by atoms with van der Waals surface area (Å²) < 4.78 is 18.2. The molecule has 118 valence electrons. The summed E-state index contributed by atoms with van der Waals surface area (Å²) in [5, 5.41) is 7.83. The van der Waals surface area contributed by atoms with Crippen molar-refractivity contribution in [2.45, 2.75) is 6.92 Å². The first-order chi connectivity index (χ1) is 9.52. The molecule has 0 aliphatic heterocycles. The Labute approximate surface area is 128 Å². The van der Waals surface area contributed by atoms with Crippen LogP contribution in [0.3, 0.4) is 0 Å². The van der Waals surface area contributed by atoms with E-state index in [1.54, 1.807) is 7.11 Å². The van der Waals surface area contributed by atoms with Gasteiger partial charge in [-0.05, 0) is 18.2 Å². The lowest BCUT2D eigenvalue weighted by atomic mass is 10.2. The van der Waals surface area contributed by atoms with Crippen LogP contribution in [0.2, 0.25) is 0 Å². The third kappa shape index (κ3) is 7.60. The second kappa shape index (κ2) is 10.1. The predicted octanol–water partition coefficient (Wildman–Crippen LogP) is 1.38. The third-order valence-corrected chi connectivity index (χ3v) is 2.33. The van der Waals surface area contributed by atoms with E-state index >= 15 is 0 Å². The number of benzene rings is 1. The maximum Gasteiger partial charge on any atom is 0.238 e. The van der Waals surface area contributed by atoms with Gasteiger partial charge in [-0.3, -0.25) is 9.59 Å². The molecule has 0 aliphatic carbocycles. The fourth-order valence-corrected chi connectivity index (χ4v) is 1.47. The summed E-state index contributed by atoms with van der Waals surface area (Å²) in [6.07, 6.45) is 0. The maximum atomic E-state index is 13.4. The van der Waals surface area contributed by atoms with Gasteiger partial charge in [-0.25, -0.2) is 4.39 Å². The summed E-state index contributed by atoms with van der Waals surface area (Å²) in [6, 6.07) is 3.97. The number of carbonyl (C=O) groups excluding carboxylic acids is 2. The molecule has 0 unspecified atom stereocenters. The average molecular weight is 320 g/mol. The van der Waals surface area contributed by atoms with E-state index in [1.807, 2.05) is 0 Å². The highest BCUT2D eigenvalue weighted by atomic mass is 35.5. The van der Waals surface area contributed by atoms with Gasteiger partial charge < -0.3 is 20.7 Å². The Morgan fingerprint density at radius 2 is 2.00 bits per heavy atom. The minimum absolute atomic E-state index is 0. The zero-order chi connectivity index (χ0) is 15.0. The summed E-state index contributed by atoms with van der Waals surface area (Å²) in [7, 11) is 1.57. The highest BCUT2D eigenvalue weighted by Crippen LogP contribution is 2.19. The fraction of sp³-hybridized carbons (Fsp3) is 0.385. The van der Waals surface area contributed by atoms with Crippen LogP contribution >= 0.6 is 12.4 Å². The second-order valence-electron chi connectivity index (χ2n) is 4.09. The van der Waals surface area contributed by atoms with Gasteiger partial charge >= 0.3 is 0 Å². The van der Waals surface area contributed by atoms with Crippen molar-refractivity contribution in [2.75, 3.05) is 37.4 Å². The minimum atomic E-state index is -0.559. The fourth-order valence-electron chi connectivity index (χ4n) is 1.47. The Hall–Kier alpha value is -1.70. The number of methoxy groups -OCH3 is 1. The van der Waals surface area contributed by atoms with Crippen LogP contribution in [-0.4, -0.2) is 38.6 Å². The van der Waals surface area contributed by atoms with Crippen molar-refractivity contribution in [2.24, 2.45) is 0 Å². The third-order valence-electron chi connectivity index (χ3n) is 2.33. The summed E-state index contributed by atoms with van der Waals surface area (Å²) in [4.78, 5) is 22.5. The van der Waals surface area contributed by atoms with E-state index in [0.29, 0.717) is 18.8 Å². The smallest absolute Gasteiger partial charge is 0.238 e. The van der Waals surface area contributed by atoms with E-state index in [-0.39, 0.29) is 36.5 Å². The van der Waals surface area contributed by atoms with Crippen molar-refractivity contribution in [1.82, 2.24) is 5.32 Å². The maximum absolute atomic E-state index is 13.4. The number of nitrogens with one attached hydrogen (secondary N) is 3. The van der Waals surface area contributed by atoms with E-state index in [2.05, 4.69) is 16.0 Å². The van der Waals surface area contributed by atoms with Gasteiger partial charge in [0, 0.05) is 26.3 Å². The molecule has 1 rings (SSSR count). The molecular formula is C13H19ClFN3O3. The molecule has 0 fully saturated rings. The molecule has 0 saturated carbocycles. The zero-order valence-electron chi connectivity index (χ0n) is 11.9. The Bertz CT molecular complexity index is 486. The molecule has 8 heteroatoms. The van der Waals surface area contributed by atoms with Crippen LogP contribution in [-0.2, 0) is 14.3 Å². The highest BCUT2D eigenvalue weighted by molar-refractivity contribution is 5.94. The summed E-state index contributed by atoms with van der Waals surface area (Å²) >= 11 is 0. The number of amides is 2. The summed E-state index contributed by atoms with van der Waals surface area (Å²) in [6.45, 7) is 2.47. The van der Waals surface area contributed by atoms with E-state index in [4.69, 9.17) is 4.74 Å². The quantitative estimate of drug-likeness (QED) is 0.663. The first kappa shape index (κ1) is 19.3. The SMILES string of the molecule is COCCNCC(=O)Nc1ccc(F)c(NC(C)=O)c1.Cl. The van der Waals surface area contributed by atoms with Gasteiger partial charge in [-0.15, -0.1) is 12.4 Å². The predicted molar refractivity (Wildman–Crippen MR) is 81.3 cm³/mol. The van der Waals surface area contributed by atoms with Gasteiger partial charge in [0.15, 0.2) is 0 Å². The molecule has 0 atom stereocenters. The molecule has 0 aliphatic rings. The van der Waals surface area contributed by atoms with Gasteiger partial charge in [0.05, 0.1) is 18.8 Å². The van der Waals surface area contributed by atoms with Crippen LogP contribution in [0.1, 0.15) is 6.92 Å². The molecule has 6 nitrogen and oxygen atoms in total. The first-order valence-electron chi connectivity index (χ1n) is 6.09. The summed E-state index contributed by atoms with van der Waals surface area (Å²) in [5.74, 6) is -1.20. The molecule has 0 bridgehead atoms. The molecular weight excluding hydrogens is 301 g/mol. The number of ether oxygens (including phenoxy) is 1. The molecule has 1 aromatic carbocycles. The van der Waals surface area contributed by atoms with Crippen molar-refractivity contribution < 1.29 is 18.7 Å². The minimum Gasteiger partial charge on any atom is -0.383 e. The number of halogens is 2. The molecule has 0 radical (unpaired) electrons. The molecule has 0 spiro atoms. The van der Waals surface area contributed by atoms with Crippen LogP contribution in [0.15, 0.2) is 18.2 Å². The van der Waals surface area contributed by atoms with Crippen LogP contribution < -0.4 is 16.0 Å². The molecule has 0 heterocycles. The van der Waals surface area contributed by atoms with Gasteiger partial charge in [0.2, 0.25) is 11.8 Å². The van der Waals surface area contributed by atoms with Crippen molar-refractivity contribution in [3.05, 3.63) is 24.0 Å². The number of anilines is 2. The van der Waals surface area contributed by atoms with Crippen LogP contribution in [0, 0.1) is 5.82 Å². The van der Waals surface area contributed by atoms with Crippen molar-refractivity contribution in [3.63, 3.8) is 0 Å². The standard InChI is InChI=1S/C13H18FN3O3.ClH/c1-9(18)16-12-7-10(3-4-11(12)14)17-13(19)8-15-5-6-20-2;/h3-4,7,15H,5-6,8H2,1-2H3,(H,16,18)(H,17,19);1H. The first-order valence-corrected chi connectivity index (χ1v) is 6.09. The van der Waals surface area contributed by atoms with Gasteiger partial charge in [-0.2, -0.15) is 0 Å². The van der Waals surface area contributed by atoms with E-state index in [9.17, 15) is 14.0 Å². The average Bonchev–Trinajstić information content (AvgIpc) is 2.38. The Morgan fingerprint density at radius 1 is 1.29 bits per heavy atom. The topological polar surface area (TPSA) is 79.5 Å². The van der Waals surface area contributed by atoms with Crippen LogP contribution in [0.4, 0.5) is 15.8 Å². The molecule has 0 saturated heterocycles. The van der Waals surface area contributed by atoms with Gasteiger partial charge in [0.1, 0.15) is 5.82 Å². The lowest BCUT2D eigenvalue weighted by molar-refractivity contribution is -0.115. The lowest BCUT2D eigenvalue weighted by Crippen LogP contribution is -2.30. The number of rotatable bonds is 7. The van der Waals surface area contributed by atoms with Gasteiger partial charge in [0.25, 0.3) is 0 Å². The second-order valence-corrected chi connectivity index (χ2v) is 4.09. The van der Waals surface area contributed by atoms with Gasteiger partial charge in [-0.1, -0.05) is 0 Å². The van der Waals surface area contributed by atoms with Crippen molar-refractivity contribution in [1.29, 1.82) is 0 Å². The molecule has 1 aromatic rings. The van der Waals surface area contributed by atoms with E-state index < -0.39 is 5.82 Å². The van der Waals surface area contributed by atoms with E-state index in [1.165, 1.54) is 25.1 Å². The normalized spacial score (nSPS) is 9.67. The molecule has 0 aromatic heterocycles. The van der Waals surface area contributed by atoms with Crippen molar-refractivity contribution in [3.8, 4) is 0 Å². The number of hydrogen-bond acceptors (Lipinski definition) is 4. The summed E-state index contributed by atoms with van der Waals surface area (Å²) in [5.41, 5.74) is 0.441. The highest BCUT2D eigenvalue weighted by Gasteiger charge is 2.07. The van der Waals surface area contributed by atoms with E-state index in [0.717, 1.165) is 0 Å². The van der Waals surface area contributed by atoms with Crippen molar-refractivity contribution >= 4 is 35.6 Å². The monoisotopic (exact) mass is 319 g/mol. The lowest BCUT2D eigenvalue weighted by Gasteiger charge is -2.09. The largest absolute Gasteiger partial charge is 0.383 e. The zero-order valence-corrected chi connectivity index (χ0v) is 12.7. The number of hydrogen-bond donors (Lipinski definition) is 3. The molecule has 2 amide bonds. The Morgan fingerprint density at radius 3 is 2.62 bits per heavy atom. The molecule has 21 heavy (non-hydrogen) atoms. The van der Waals surface area contributed by atoms with Crippen LogP contribution in [0.25, 0.3) is 0 Å². The molecule has 3 N–H and O–H groups in total. The Kier molecular flexibility index (Phi) is 9.27. The Balaban J connectivity index is 0.00000400. The van der Waals surface area contributed by atoms with Crippen LogP contribution in [0.5, 0.6) is 0 Å².